The number of rotatable bonds is 5. The first-order valence-electron chi connectivity index (χ1n) is 6.26. The zero-order valence-corrected chi connectivity index (χ0v) is 10.7. The summed E-state index contributed by atoms with van der Waals surface area (Å²) in [5, 5.41) is 8.87. The number of carbonyl (C=O) groups excluding carboxylic acids is 1. The Kier molecular flexibility index (Phi) is 4.31. The first-order valence-corrected chi connectivity index (χ1v) is 6.26. The molecule has 0 aliphatic carbocycles. The largest absolute Gasteiger partial charge is 0.396 e. The molecule has 19 heavy (non-hydrogen) atoms. The van der Waals surface area contributed by atoms with Crippen molar-refractivity contribution in [2.45, 2.75) is 12.8 Å². The van der Waals surface area contributed by atoms with Crippen LogP contribution in [-0.2, 0) is 17.6 Å². The summed E-state index contributed by atoms with van der Waals surface area (Å²) in [6.07, 6.45) is 0.952. The molecule has 0 aliphatic rings. The number of aliphatic hydroxyl groups is 1. The quantitative estimate of drug-likeness (QED) is 0.857. The average Bonchev–Trinajstić information content (AvgIpc) is 2.40. The molecular formula is C16H17NO2. The fourth-order valence-corrected chi connectivity index (χ4v) is 2.01. The van der Waals surface area contributed by atoms with Crippen molar-refractivity contribution in [2.24, 2.45) is 5.73 Å². The maximum Gasteiger partial charge on any atom is 0.221 e. The van der Waals surface area contributed by atoms with Crippen LogP contribution in [0.5, 0.6) is 0 Å². The van der Waals surface area contributed by atoms with Crippen LogP contribution in [0, 0.1) is 0 Å². The molecule has 2 rings (SSSR count). The van der Waals surface area contributed by atoms with Gasteiger partial charge in [0.2, 0.25) is 5.91 Å². The SMILES string of the molecule is NC(=O)Cc1ccc(-c2ccc(CCO)cc2)cc1. The second-order valence-corrected chi connectivity index (χ2v) is 4.51. The second kappa shape index (κ2) is 6.16. The summed E-state index contributed by atoms with van der Waals surface area (Å²) in [6.45, 7) is 0.168. The van der Waals surface area contributed by atoms with Gasteiger partial charge < -0.3 is 10.8 Å². The Morgan fingerprint density at radius 2 is 1.37 bits per heavy atom. The molecular weight excluding hydrogens is 238 g/mol. The zero-order chi connectivity index (χ0) is 13.7. The van der Waals surface area contributed by atoms with Gasteiger partial charge in [0.15, 0.2) is 0 Å². The van der Waals surface area contributed by atoms with Crippen molar-refractivity contribution in [2.75, 3.05) is 6.61 Å². The lowest BCUT2D eigenvalue weighted by molar-refractivity contribution is -0.117. The van der Waals surface area contributed by atoms with Gasteiger partial charge in [-0.05, 0) is 28.7 Å². The molecule has 0 saturated heterocycles. The van der Waals surface area contributed by atoms with Crippen LogP contribution in [0.25, 0.3) is 11.1 Å². The Morgan fingerprint density at radius 3 is 1.79 bits per heavy atom. The van der Waals surface area contributed by atoms with E-state index in [9.17, 15) is 4.79 Å². The van der Waals surface area contributed by atoms with Crippen molar-refractivity contribution in [3.8, 4) is 11.1 Å². The third-order valence-electron chi connectivity index (χ3n) is 3.02. The molecule has 2 aromatic rings. The van der Waals surface area contributed by atoms with Gasteiger partial charge >= 0.3 is 0 Å². The van der Waals surface area contributed by atoms with Crippen LogP contribution in [0.1, 0.15) is 11.1 Å². The minimum absolute atomic E-state index is 0.168. The molecule has 3 N–H and O–H groups in total. The van der Waals surface area contributed by atoms with E-state index in [1.165, 1.54) is 0 Å². The highest BCUT2D eigenvalue weighted by molar-refractivity contribution is 5.77. The first kappa shape index (κ1) is 13.3. The predicted octanol–water partition coefficient (Wildman–Crippen LogP) is 1.92. The lowest BCUT2D eigenvalue weighted by Gasteiger charge is -2.05. The Balaban J connectivity index is 2.15. The molecule has 0 aliphatic heterocycles. The molecule has 0 saturated carbocycles. The molecule has 0 atom stereocenters. The molecule has 0 aromatic heterocycles. The summed E-state index contributed by atoms with van der Waals surface area (Å²) in [4.78, 5) is 10.8. The van der Waals surface area contributed by atoms with Crippen LogP contribution in [-0.4, -0.2) is 17.6 Å². The van der Waals surface area contributed by atoms with E-state index < -0.39 is 0 Å². The van der Waals surface area contributed by atoms with Gasteiger partial charge in [-0.1, -0.05) is 48.5 Å². The number of amides is 1. The number of nitrogens with two attached hydrogens (primary N) is 1. The van der Waals surface area contributed by atoms with Gasteiger partial charge in [-0.3, -0.25) is 4.79 Å². The summed E-state index contributed by atoms with van der Waals surface area (Å²) in [5.74, 6) is -0.318. The number of carbonyl (C=O) groups is 1. The van der Waals surface area contributed by atoms with Gasteiger partial charge in [0.25, 0.3) is 0 Å². The fourth-order valence-electron chi connectivity index (χ4n) is 2.01. The van der Waals surface area contributed by atoms with Crippen LogP contribution in [0.15, 0.2) is 48.5 Å². The van der Waals surface area contributed by atoms with Crippen molar-refractivity contribution in [1.82, 2.24) is 0 Å². The van der Waals surface area contributed by atoms with Crippen molar-refractivity contribution in [1.29, 1.82) is 0 Å². The summed E-state index contributed by atoms with van der Waals surface area (Å²) in [5.41, 5.74) is 9.42. The van der Waals surface area contributed by atoms with Gasteiger partial charge in [-0.25, -0.2) is 0 Å². The lowest BCUT2D eigenvalue weighted by Crippen LogP contribution is -2.13. The van der Waals surface area contributed by atoms with E-state index in [4.69, 9.17) is 10.8 Å². The molecule has 0 fully saturated rings. The molecule has 3 nitrogen and oxygen atoms in total. The number of hydrogen-bond donors (Lipinski definition) is 2. The van der Waals surface area contributed by atoms with E-state index in [1.807, 2.05) is 48.5 Å². The number of aliphatic hydroxyl groups excluding tert-OH is 1. The van der Waals surface area contributed by atoms with Crippen LogP contribution in [0.2, 0.25) is 0 Å². The molecule has 3 heteroatoms. The third kappa shape index (κ3) is 3.66. The highest BCUT2D eigenvalue weighted by atomic mass is 16.2. The Morgan fingerprint density at radius 1 is 0.895 bits per heavy atom. The normalized spacial score (nSPS) is 10.4. The number of primary amides is 1. The van der Waals surface area contributed by atoms with E-state index in [2.05, 4.69) is 0 Å². The molecule has 0 unspecified atom stereocenters. The lowest BCUT2D eigenvalue weighted by atomic mass is 10.0. The van der Waals surface area contributed by atoms with Crippen LogP contribution in [0.3, 0.4) is 0 Å². The van der Waals surface area contributed by atoms with E-state index in [0.717, 1.165) is 22.3 Å². The minimum Gasteiger partial charge on any atom is -0.396 e. The molecule has 0 heterocycles. The van der Waals surface area contributed by atoms with Gasteiger partial charge in [-0.15, -0.1) is 0 Å². The van der Waals surface area contributed by atoms with Crippen LogP contribution in [0.4, 0.5) is 0 Å². The van der Waals surface area contributed by atoms with Crippen molar-refractivity contribution in [3.05, 3.63) is 59.7 Å². The second-order valence-electron chi connectivity index (χ2n) is 4.51. The zero-order valence-electron chi connectivity index (χ0n) is 10.7. The summed E-state index contributed by atoms with van der Waals surface area (Å²) >= 11 is 0. The molecule has 98 valence electrons. The van der Waals surface area contributed by atoms with Crippen LogP contribution < -0.4 is 5.73 Å². The Labute approximate surface area is 112 Å². The summed E-state index contributed by atoms with van der Waals surface area (Å²) in [6, 6.07) is 15.9. The smallest absolute Gasteiger partial charge is 0.221 e. The molecule has 0 bridgehead atoms. The highest BCUT2D eigenvalue weighted by Gasteiger charge is 2.01. The monoisotopic (exact) mass is 255 g/mol. The van der Waals surface area contributed by atoms with Crippen molar-refractivity contribution in [3.63, 3.8) is 0 Å². The Bertz CT molecular complexity index is 544. The van der Waals surface area contributed by atoms with E-state index >= 15 is 0 Å². The maximum absolute atomic E-state index is 10.8. The van der Waals surface area contributed by atoms with Gasteiger partial charge in [0.1, 0.15) is 0 Å². The topological polar surface area (TPSA) is 63.3 Å². The predicted molar refractivity (Wildman–Crippen MR) is 75.6 cm³/mol. The third-order valence-corrected chi connectivity index (χ3v) is 3.02. The maximum atomic E-state index is 10.8. The van der Waals surface area contributed by atoms with E-state index in [1.54, 1.807) is 0 Å². The fraction of sp³-hybridized carbons (Fsp3) is 0.188. The molecule has 1 amide bonds. The van der Waals surface area contributed by atoms with Crippen LogP contribution >= 0.6 is 0 Å². The van der Waals surface area contributed by atoms with Crippen molar-refractivity contribution >= 4 is 5.91 Å². The Hall–Kier alpha value is -2.13. The standard InChI is InChI=1S/C16H17NO2/c17-16(19)11-13-3-7-15(8-4-13)14-5-1-12(2-6-14)9-10-18/h1-8,18H,9-11H2,(H2,17,19). The molecule has 2 aromatic carbocycles. The number of hydrogen-bond acceptors (Lipinski definition) is 2. The first-order chi connectivity index (χ1) is 9.19. The molecule has 0 spiro atoms. The summed E-state index contributed by atoms with van der Waals surface area (Å²) < 4.78 is 0. The van der Waals surface area contributed by atoms with Gasteiger partial charge in [-0.2, -0.15) is 0 Å². The minimum atomic E-state index is -0.318. The summed E-state index contributed by atoms with van der Waals surface area (Å²) in [7, 11) is 0. The number of benzene rings is 2. The van der Waals surface area contributed by atoms with Gasteiger partial charge in [0, 0.05) is 6.61 Å². The highest BCUT2D eigenvalue weighted by Crippen LogP contribution is 2.20. The van der Waals surface area contributed by atoms with Gasteiger partial charge in [0.05, 0.1) is 6.42 Å². The van der Waals surface area contributed by atoms with E-state index in [-0.39, 0.29) is 18.9 Å². The molecule has 0 radical (unpaired) electrons. The van der Waals surface area contributed by atoms with E-state index in [0.29, 0.717) is 6.42 Å². The van der Waals surface area contributed by atoms with Crippen molar-refractivity contribution < 1.29 is 9.90 Å². The average molecular weight is 255 g/mol.